The zero-order valence-corrected chi connectivity index (χ0v) is 24.2. The van der Waals surface area contributed by atoms with Crippen LogP contribution in [0, 0.1) is 0 Å². The summed E-state index contributed by atoms with van der Waals surface area (Å²) in [6, 6.07) is 8.61. The lowest BCUT2D eigenvalue weighted by Crippen LogP contribution is -2.51. The van der Waals surface area contributed by atoms with Crippen LogP contribution in [0.1, 0.15) is 79.9 Å². The number of amides is 2. The largest absolute Gasteiger partial charge is 0.506 e. The average molecular weight is 562 g/mol. The normalized spacial score (nSPS) is 19.8. The molecule has 1 saturated carbocycles. The molecule has 0 spiro atoms. The van der Waals surface area contributed by atoms with E-state index in [1.807, 2.05) is 24.1 Å². The van der Waals surface area contributed by atoms with Gasteiger partial charge in [-0.2, -0.15) is 0 Å². The lowest BCUT2D eigenvalue weighted by atomic mass is 9.80. The number of phenols is 1. The van der Waals surface area contributed by atoms with Crippen LogP contribution in [0.25, 0.3) is 0 Å². The lowest BCUT2D eigenvalue weighted by Gasteiger charge is -2.42. The van der Waals surface area contributed by atoms with Crippen LogP contribution in [0.15, 0.2) is 54.3 Å². The number of likely N-dealkylation sites (tertiary alicyclic amines) is 1. The summed E-state index contributed by atoms with van der Waals surface area (Å²) < 4.78 is 14.5. The van der Waals surface area contributed by atoms with Gasteiger partial charge in [0.2, 0.25) is 5.91 Å². The van der Waals surface area contributed by atoms with Crippen molar-refractivity contribution in [3.8, 4) is 5.75 Å². The molecule has 9 heteroatoms. The Balaban J connectivity index is 1.51. The van der Waals surface area contributed by atoms with Crippen molar-refractivity contribution < 1.29 is 19.1 Å². The zero-order valence-electron chi connectivity index (χ0n) is 24.2. The molecule has 8 nitrogen and oxygen atoms in total. The Kier molecular flexibility index (Phi) is 7.81. The molecule has 3 heterocycles. The van der Waals surface area contributed by atoms with Crippen LogP contribution >= 0.6 is 0 Å². The van der Waals surface area contributed by atoms with Crippen LogP contribution in [-0.4, -0.2) is 64.4 Å². The third-order valence-electron chi connectivity index (χ3n) is 8.86. The maximum atomic E-state index is 14.5. The fourth-order valence-electron chi connectivity index (χ4n) is 6.27. The van der Waals surface area contributed by atoms with E-state index in [2.05, 4.69) is 17.6 Å². The molecular formula is C32H40FN5O3. The fourth-order valence-corrected chi connectivity index (χ4v) is 6.27. The number of nitrogens with zero attached hydrogens (tertiary/aromatic N) is 4. The number of nitrogen functional groups attached to an aromatic ring is 1. The number of phenolic OH excluding ortho intramolecular Hbond substituents is 1. The molecule has 2 aromatic rings. The lowest BCUT2D eigenvalue weighted by molar-refractivity contribution is -0.126. The zero-order chi connectivity index (χ0) is 29.5. The molecule has 1 unspecified atom stereocenters. The summed E-state index contributed by atoms with van der Waals surface area (Å²) in [5, 5.41) is 11.0. The first kappa shape index (κ1) is 28.6. The first-order chi connectivity index (χ1) is 19.5. The summed E-state index contributed by atoms with van der Waals surface area (Å²) >= 11 is 0. The van der Waals surface area contributed by atoms with Gasteiger partial charge >= 0.3 is 0 Å². The molecule has 2 fully saturated rings. The van der Waals surface area contributed by atoms with E-state index in [1.54, 1.807) is 9.80 Å². The highest BCUT2D eigenvalue weighted by Gasteiger charge is 2.38. The molecule has 0 bridgehead atoms. The van der Waals surface area contributed by atoms with Crippen molar-refractivity contribution in [2.24, 2.45) is 0 Å². The van der Waals surface area contributed by atoms with E-state index in [1.165, 1.54) is 44.0 Å². The summed E-state index contributed by atoms with van der Waals surface area (Å²) in [7, 11) is 1.95. The molecular weight excluding hydrogens is 521 g/mol. The SMILES string of the molecule is C=CC(=O)N1CCCC2=C(N(C)c3ccc(C4CCC4)cc3O)CCN(C(=O)c3ccc(C(C)(C)F)nc3N)C2C1. The van der Waals surface area contributed by atoms with Crippen molar-refractivity contribution >= 4 is 23.3 Å². The number of alkyl halides is 1. The van der Waals surface area contributed by atoms with E-state index in [9.17, 15) is 19.1 Å². The van der Waals surface area contributed by atoms with Gasteiger partial charge in [0.05, 0.1) is 23.0 Å². The number of rotatable bonds is 6. The summed E-state index contributed by atoms with van der Waals surface area (Å²) in [6.45, 7) is 7.70. The van der Waals surface area contributed by atoms with Gasteiger partial charge < -0.3 is 25.5 Å². The third-order valence-corrected chi connectivity index (χ3v) is 8.86. The number of anilines is 2. The molecule has 0 radical (unpaired) electrons. The van der Waals surface area contributed by atoms with Gasteiger partial charge in [0, 0.05) is 38.8 Å². The van der Waals surface area contributed by atoms with Gasteiger partial charge in [0.1, 0.15) is 17.2 Å². The molecule has 1 atom stereocenters. The van der Waals surface area contributed by atoms with Crippen molar-refractivity contribution in [1.29, 1.82) is 0 Å². The number of hydrogen-bond donors (Lipinski definition) is 2. The number of fused-ring (bicyclic) bond motifs is 1. The van der Waals surface area contributed by atoms with Gasteiger partial charge in [0.15, 0.2) is 0 Å². The Morgan fingerprint density at radius 2 is 1.93 bits per heavy atom. The molecule has 1 aromatic carbocycles. The van der Waals surface area contributed by atoms with Crippen molar-refractivity contribution in [3.05, 3.63) is 71.1 Å². The summed E-state index contributed by atoms with van der Waals surface area (Å²) in [4.78, 5) is 36.4. The molecule has 2 aliphatic heterocycles. The predicted molar refractivity (Wildman–Crippen MR) is 158 cm³/mol. The summed E-state index contributed by atoms with van der Waals surface area (Å²) in [5.74, 6) is 0.257. The van der Waals surface area contributed by atoms with Crippen molar-refractivity contribution in [1.82, 2.24) is 14.8 Å². The number of benzene rings is 1. The van der Waals surface area contributed by atoms with Crippen molar-refractivity contribution in [2.45, 2.75) is 70.0 Å². The van der Waals surface area contributed by atoms with Crippen LogP contribution in [0.5, 0.6) is 5.75 Å². The van der Waals surface area contributed by atoms with Crippen LogP contribution in [0.4, 0.5) is 15.9 Å². The second-order valence-corrected chi connectivity index (χ2v) is 11.9. The minimum absolute atomic E-state index is 0.0178. The first-order valence-corrected chi connectivity index (χ1v) is 14.5. The predicted octanol–water partition coefficient (Wildman–Crippen LogP) is 5.25. The van der Waals surface area contributed by atoms with Gasteiger partial charge in [-0.25, -0.2) is 9.37 Å². The van der Waals surface area contributed by atoms with E-state index in [4.69, 9.17) is 5.73 Å². The molecule has 1 aliphatic carbocycles. The quantitative estimate of drug-likeness (QED) is 0.467. The minimum atomic E-state index is -1.69. The molecule has 1 saturated heterocycles. The number of pyridine rings is 1. The number of aromatic hydroxyl groups is 1. The van der Waals surface area contributed by atoms with Crippen LogP contribution in [0.2, 0.25) is 0 Å². The number of carbonyl (C=O) groups excluding carboxylic acids is 2. The van der Waals surface area contributed by atoms with Crippen molar-refractivity contribution in [2.75, 3.05) is 37.3 Å². The molecule has 2 amide bonds. The highest BCUT2D eigenvalue weighted by molar-refractivity contribution is 5.99. The molecule has 41 heavy (non-hydrogen) atoms. The van der Waals surface area contributed by atoms with Gasteiger partial charge in [-0.15, -0.1) is 0 Å². The number of halogens is 1. The second kappa shape index (κ2) is 11.2. The molecule has 1 aromatic heterocycles. The maximum absolute atomic E-state index is 14.5. The average Bonchev–Trinajstić information content (AvgIpc) is 3.13. The van der Waals surface area contributed by atoms with Crippen LogP contribution in [0.3, 0.4) is 0 Å². The Hall–Kier alpha value is -3.88. The molecule has 5 rings (SSSR count). The molecule has 3 N–H and O–H groups in total. The van der Waals surface area contributed by atoms with E-state index in [0.29, 0.717) is 38.4 Å². The van der Waals surface area contributed by atoms with E-state index < -0.39 is 11.7 Å². The molecule has 218 valence electrons. The Morgan fingerprint density at radius 3 is 2.54 bits per heavy atom. The number of aromatic nitrogens is 1. The van der Waals surface area contributed by atoms with E-state index >= 15 is 0 Å². The first-order valence-electron chi connectivity index (χ1n) is 14.5. The van der Waals surface area contributed by atoms with Gasteiger partial charge in [-0.05, 0) is 86.9 Å². The van der Waals surface area contributed by atoms with Gasteiger partial charge in [-0.1, -0.05) is 19.1 Å². The number of nitrogens with two attached hydrogens (primary N) is 1. The Morgan fingerprint density at radius 1 is 1.17 bits per heavy atom. The Bertz CT molecular complexity index is 1390. The number of hydrogen-bond acceptors (Lipinski definition) is 6. The van der Waals surface area contributed by atoms with Gasteiger partial charge in [-0.3, -0.25) is 9.59 Å². The summed E-state index contributed by atoms with van der Waals surface area (Å²) in [6.07, 6.45) is 6.84. The maximum Gasteiger partial charge on any atom is 0.258 e. The van der Waals surface area contributed by atoms with Crippen molar-refractivity contribution in [3.63, 3.8) is 0 Å². The summed E-state index contributed by atoms with van der Waals surface area (Å²) in [5.41, 5.74) is 8.86. The van der Waals surface area contributed by atoms with Gasteiger partial charge in [0.25, 0.3) is 5.91 Å². The minimum Gasteiger partial charge on any atom is -0.506 e. The monoisotopic (exact) mass is 561 g/mol. The Labute approximate surface area is 241 Å². The van der Waals surface area contributed by atoms with E-state index in [-0.39, 0.29) is 34.6 Å². The van der Waals surface area contributed by atoms with Crippen LogP contribution < -0.4 is 10.6 Å². The third kappa shape index (κ3) is 5.54. The topological polar surface area (TPSA) is 103 Å². The van der Waals surface area contributed by atoms with E-state index in [0.717, 1.165) is 36.2 Å². The highest BCUT2D eigenvalue weighted by Crippen LogP contribution is 2.42. The smallest absolute Gasteiger partial charge is 0.258 e. The number of carbonyl (C=O) groups is 2. The highest BCUT2D eigenvalue weighted by atomic mass is 19.1. The second-order valence-electron chi connectivity index (χ2n) is 11.9. The van der Waals surface area contributed by atoms with Crippen LogP contribution in [-0.2, 0) is 10.5 Å². The fraction of sp³-hybridized carbons (Fsp3) is 0.469. The standard InChI is InChI=1S/C32H40FN5O3/c1-5-29(40)37-16-7-10-22-24(36(4)25-13-11-21(18-27(25)39)20-8-6-9-20)15-17-38(26(22)19-37)31(41)23-12-14-28(32(2,3)33)35-30(23)34/h5,11-14,18,20,26,39H,1,6-10,15-17,19H2,2-4H3,(H2,34,35). The molecule has 3 aliphatic rings.